The van der Waals surface area contributed by atoms with Crippen molar-refractivity contribution in [3.63, 3.8) is 0 Å². The van der Waals surface area contributed by atoms with Gasteiger partial charge < -0.3 is 0 Å². The van der Waals surface area contributed by atoms with Gasteiger partial charge in [0, 0.05) is 16.7 Å². The summed E-state index contributed by atoms with van der Waals surface area (Å²) in [5.41, 5.74) is 3.16. The molecule has 1 aromatic heterocycles. The fourth-order valence-corrected chi connectivity index (χ4v) is 3.24. The Morgan fingerprint density at radius 2 is 2.11 bits per heavy atom. The number of benzene rings is 1. The van der Waals surface area contributed by atoms with Crippen molar-refractivity contribution in [3.8, 4) is 6.07 Å². The first-order valence-electron chi connectivity index (χ1n) is 5.91. The number of aryl methyl sites for hydroxylation is 2. The summed E-state index contributed by atoms with van der Waals surface area (Å²) >= 11 is 0. The summed E-state index contributed by atoms with van der Waals surface area (Å²) in [7, 11) is -1.16. The minimum Gasteiger partial charge on any atom is -0.254 e. The van der Waals surface area contributed by atoms with Gasteiger partial charge in [-0.05, 0) is 37.1 Å². The third-order valence-electron chi connectivity index (χ3n) is 2.87. The van der Waals surface area contributed by atoms with Crippen LogP contribution in [0.2, 0.25) is 0 Å². The van der Waals surface area contributed by atoms with Crippen molar-refractivity contribution in [3.05, 3.63) is 58.9 Å². The number of nitriles is 1. The van der Waals surface area contributed by atoms with Crippen LogP contribution in [0.1, 0.15) is 22.4 Å². The number of nitrogens with zero attached hydrogens (tertiary/aromatic N) is 2. The van der Waals surface area contributed by atoms with Crippen LogP contribution < -0.4 is 0 Å². The van der Waals surface area contributed by atoms with Crippen LogP contribution in [0.25, 0.3) is 0 Å². The van der Waals surface area contributed by atoms with Crippen LogP contribution in [0.15, 0.2) is 41.4 Å². The maximum absolute atomic E-state index is 12.4. The molecule has 19 heavy (non-hydrogen) atoms. The fraction of sp³-hybridized carbons (Fsp3) is 0.200. The topological polar surface area (TPSA) is 53.8 Å². The van der Waals surface area contributed by atoms with Crippen LogP contribution in [-0.4, -0.2) is 9.19 Å². The molecule has 0 spiro atoms. The molecule has 4 heteroatoms. The first-order chi connectivity index (χ1) is 9.11. The Bertz CT molecular complexity index is 674. The molecule has 0 fully saturated rings. The highest BCUT2D eigenvalue weighted by Gasteiger charge is 2.11. The summed E-state index contributed by atoms with van der Waals surface area (Å²) in [5.74, 6) is 0.320. The lowest BCUT2D eigenvalue weighted by molar-refractivity contribution is 0.682. The molecule has 0 saturated heterocycles. The van der Waals surface area contributed by atoms with Gasteiger partial charge in [0.1, 0.15) is 11.8 Å². The van der Waals surface area contributed by atoms with Crippen molar-refractivity contribution in [2.24, 2.45) is 0 Å². The van der Waals surface area contributed by atoms with E-state index in [4.69, 9.17) is 5.26 Å². The van der Waals surface area contributed by atoms with E-state index < -0.39 is 10.8 Å². The second kappa shape index (κ2) is 5.77. The summed E-state index contributed by atoms with van der Waals surface area (Å²) in [6.45, 7) is 3.92. The Hall–Kier alpha value is -1.99. The molecule has 1 aromatic carbocycles. The normalized spacial score (nSPS) is 11.8. The molecular weight excluding hydrogens is 256 g/mol. The van der Waals surface area contributed by atoms with Crippen LogP contribution in [-0.2, 0) is 16.6 Å². The van der Waals surface area contributed by atoms with Gasteiger partial charge in [-0.2, -0.15) is 5.26 Å². The minimum absolute atomic E-state index is 0.320. The number of hydrogen-bond acceptors (Lipinski definition) is 3. The van der Waals surface area contributed by atoms with Gasteiger partial charge in [0.05, 0.1) is 16.6 Å². The van der Waals surface area contributed by atoms with E-state index in [0.29, 0.717) is 11.4 Å². The molecule has 0 bridgehead atoms. The lowest BCUT2D eigenvalue weighted by Crippen LogP contribution is -2.02. The quantitative estimate of drug-likeness (QED) is 0.861. The van der Waals surface area contributed by atoms with E-state index >= 15 is 0 Å². The molecule has 0 N–H and O–H groups in total. The predicted molar refractivity (Wildman–Crippen MR) is 75.0 cm³/mol. The Kier molecular flexibility index (Phi) is 4.08. The van der Waals surface area contributed by atoms with Gasteiger partial charge in [0.15, 0.2) is 0 Å². The molecule has 0 saturated carbocycles. The molecule has 0 aliphatic carbocycles. The lowest BCUT2D eigenvalue weighted by Gasteiger charge is -2.08. The van der Waals surface area contributed by atoms with Crippen molar-refractivity contribution >= 4 is 10.8 Å². The molecule has 2 rings (SSSR count). The third kappa shape index (κ3) is 3.07. The number of pyridine rings is 1. The summed E-state index contributed by atoms with van der Waals surface area (Å²) in [4.78, 5) is 4.81. The minimum atomic E-state index is -1.16. The van der Waals surface area contributed by atoms with Gasteiger partial charge in [-0.25, -0.2) is 4.98 Å². The highest BCUT2D eigenvalue weighted by Crippen LogP contribution is 2.19. The van der Waals surface area contributed by atoms with Gasteiger partial charge in [-0.15, -0.1) is 0 Å². The molecule has 1 heterocycles. The third-order valence-corrected chi connectivity index (χ3v) is 4.38. The van der Waals surface area contributed by atoms with E-state index in [1.165, 1.54) is 0 Å². The molecule has 0 aliphatic rings. The molecule has 0 aliphatic heterocycles. The van der Waals surface area contributed by atoms with Gasteiger partial charge in [-0.3, -0.25) is 4.21 Å². The highest BCUT2D eigenvalue weighted by atomic mass is 32.2. The second-order valence-electron chi connectivity index (χ2n) is 4.38. The highest BCUT2D eigenvalue weighted by molar-refractivity contribution is 7.84. The molecule has 96 valence electrons. The van der Waals surface area contributed by atoms with E-state index in [9.17, 15) is 4.21 Å². The van der Waals surface area contributed by atoms with Crippen LogP contribution in [0.3, 0.4) is 0 Å². The fourth-order valence-electron chi connectivity index (χ4n) is 1.83. The first kappa shape index (κ1) is 13.4. The molecule has 2 aromatic rings. The second-order valence-corrected chi connectivity index (χ2v) is 5.80. The van der Waals surface area contributed by atoms with Crippen molar-refractivity contribution in [2.75, 3.05) is 0 Å². The molecule has 0 amide bonds. The lowest BCUT2D eigenvalue weighted by atomic mass is 10.2. The standard InChI is InChI=1S/C15H14N2OS/c1-11-5-6-12(2)15(8-11)19(18)10-13-4-3-7-17-14(13)9-16/h3-8H,10H2,1-2H3. The molecule has 0 radical (unpaired) electrons. The smallest absolute Gasteiger partial charge is 0.144 e. The van der Waals surface area contributed by atoms with E-state index in [2.05, 4.69) is 4.98 Å². The number of hydrogen-bond donors (Lipinski definition) is 0. The van der Waals surface area contributed by atoms with Crippen molar-refractivity contribution in [1.82, 2.24) is 4.98 Å². The van der Waals surface area contributed by atoms with Crippen molar-refractivity contribution in [1.29, 1.82) is 5.26 Å². The molecule has 1 unspecified atom stereocenters. The Balaban J connectivity index is 2.31. The summed E-state index contributed by atoms with van der Waals surface area (Å²) < 4.78 is 12.4. The summed E-state index contributed by atoms with van der Waals surface area (Å²) in [6, 6.07) is 11.5. The van der Waals surface area contributed by atoms with E-state index in [1.807, 2.05) is 38.1 Å². The van der Waals surface area contributed by atoms with Gasteiger partial charge >= 0.3 is 0 Å². The zero-order valence-corrected chi connectivity index (χ0v) is 11.7. The predicted octanol–water partition coefficient (Wildman–Crippen LogP) is 2.88. The first-order valence-corrected chi connectivity index (χ1v) is 7.23. The monoisotopic (exact) mass is 270 g/mol. The zero-order valence-electron chi connectivity index (χ0n) is 10.9. The largest absolute Gasteiger partial charge is 0.254 e. The number of aromatic nitrogens is 1. The maximum Gasteiger partial charge on any atom is 0.144 e. The van der Waals surface area contributed by atoms with Crippen LogP contribution in [0.4, 0.5) is 0 Å². The summed E-state index contributed by atoms with van der Waals surface area (Å²) in [5, 5.41) is 8.99. The summed E-state index contributed by atoms with van der Waals surface area (Å²) in [6.07, 6.45) is 1.57. The average molecular weight is 270 g/mol. The Labute approximate surface area is 115 Å². The zero-order chi connectivity index (χ0) is 13.8. The van der Waals surface area contributed by atoms with Crippen molar-refractivity contribution < 1.29 is 4.21 Å². The van der Waals surface area contributed by atoms with Crippen LogP contribution in [0.5, 0.6) is 0 Å². The molecule has 3 nitrogen and oxygen atoms in total. The van der Waals surface area contributed by atoms with Gasteiger partial charge in [0.25, 0.3) is 0 Å². The van der Waals surface area contributed by atoms with Crippen LogP contribution >= 0.6 is 0 Å². The van der Waals surface area contributed by atoms with E-state index in [-0.39, 0.29) is 0 Å². The van der Waals surface area contributed by atoms with Crippen molar-refractivity contribution in [2.45, 2.75) is 24.5 Å². The van der Waals surface area contributed by atoms with E-state index in [1.54, 1.807) is 18.3 Å². The van der Waals surface area contributed by atoms with Gasteiger partial charge in [0.2, 0.25) is 0 Å². The Morgan fingerprint density at radius 1 is 1.32 bits per heavy atom. The van der Waals surface area contributed by atoms with Crippen LogP contribution in [0, 0.1) is 25.2 Å². The average Bonchev–Trinajstić information content (AvgIpc) is 2.42. The molecule has 1 atom stereocenters. The van der Waals surface area contributed by atoms with Gasteiger partial charge in [-0.1, -0.05) is 18.2 Å². The molecular formula is C15H14N2OS. The Morgan fingerprint density at radius 3 is 2.84 bits per heavy atom. The van der Waals surface area contributed by atoms with E-state index in [0.717, 1.165) is 21.6 Å². The SMILES string of the molecule is Cc1ccc(C)c(S(=O)Cc2cccnc2C#N)c1. The number of rotatable bonds is 3. The maximum atomic E-state index is 12.4.